The number of carbonyl (C=O) groups excluding carboxylic acids is 1. The number of benzene rings is 5. The van der Waals surface area contributed by atoms with Crippen LogP contribution in [-0.2, 0) is 23.8 Å². The molecule has 5 aromatic carbocycles. The van der Waals surface area contributed by atoms with Gasteiger partial charge in [0.1, 0.15) is 6.10 Å². The normalized spacial score (nSPS) is 18.8. The predicted molar refractivity (Wildman–Crippen MR) is 266 cm³/mol. The van der Waals surface area contributed by atoms with Crippen LogP contribution in [0.25, 0.3) is 0 Å². The Labute approximate surface area is 381 Å². The summed E-state index contributed by atoms with van der Waals surface area (Å²) in [5, 5.41) is 15.3. The Kier molecular flexibility index (Phi) is 15.8. The van der Waals surface area contributed by atoms with Crippen molar-refractivity contribution in [2.24, 2.45) is 11.8 Å². The van der Waals surface area contributed by atoms with E-state index in [2.05, 4.69) is 202 Å². The smallest absolute Gasteiger partial charge is 0.330 e. The van der Waals surface area contributed by atoms with Crippen molar-refractivity contribution in [2.75, 3.05) is 6.61 Å². The third-order valence-corrected chi connectivity index (χ3v) is 23.8. The molecule has 334 valence electrons. The van der Waals surface area contributed by atoms with E-state index in [0.29, 0.717) is 18.8 Å². The number of esters is 1. The zero-order valence-corrected chi connectivity index (χ0v) is 41.3. The van der Waals surface area contributed by atoms with Gasteiger partial charge in [0.15, 0.2) is 0 Å². The molecule has 0 saturated heterocycles. The molecule has 0 spiro atoms. The van der Waals surface area contributed by atoms with E-state index in [9.17, 15) is 9.90 Å². The molecule has 0 aliphatic heterocycles. The molecule has 0 aromatic heterocycles. The van der Waals surface area contributed by atoms with Crippen LogP contribution in [0.2, 0.25) is 10.1 Å². The number of hydrogen-bond acceptors (Lipinski definition) is 5. The van der Waals surface area contributed by atoms with Crippen LogP contribution in [0, 0.1) is 11.8 Å². The molecule has 0 bridgehead atoms. The summed E-state index contributed by atoms with van der Waals surface area (Å²) >= 11 is 0. The van der Waals surface area contributed by atoms with E-state index in [1.54, 1.807) is 6.08 Å². The molecule has 0 heterocycles. The second kappa shape index (κ2) is 20.6. The second-order valence-corrected chi connectivity index (χ2v) is 28.9. The molecule has 0 radical (unpaired) electrons. The molecule has 7 heteroatoms. The highest BCUT2D eigenvalue weighted by molar-refractivity contribution is 7.00. The molecule has 63 heavy (non-hydrogen) atoms. The van der Waals surface area contributed by atoms with Crippen LogP contribution in [0.3, 0.4) is 0 Å². The van der Waals surface area contributed by atoms with Gasteiger partial charge in [-0.05, 0) is 79.5 Å². The minimum Gasteiger partial charge on any atom is -0.459 e. The van der Waals surface area contributed by atoms with E-state index in [-0.39, 0.29) is 40.1 Å². The van der Waals surface area contributed by atoms with Crippen LogP contribution in [-0.4, -0.2) is 52.6 Å². The summed E-state index contributed by atoms with van der Waals surface area (Å²) in [7, 11) is -6.06. The Morgan fingerprint density at radius 3 is 1.44 bits per heavy atom. The van der Waals surface area contributed by atoms with Gasteiger partial charge in [0.05, 0.1) is 18.8 Å². The Morgan fingerprint density at radius 2 is 1.03 bits per heavy atom. The van der Waals surface area contributed by atoms with Crippen molar-refractivity contribution in [3.05, 3.63) is 169 Å². The largest absolute Gasteiger partial charge is 0.459 e. The standard InChI is InChI=1S/C56H72O5Si2/c1-43-35-39-51(56(8,9)44-25-15-10-16-26-44)52(41-43)59-53(58)40-38-45(60-62(54(2,3)4,47-27-17-11-18-28-47)48-29-19-12-20-30-48)36-37-46(42-57)61-63(55(5,6)7,49-31-21-13-22-32-49)50-33-23-14-24-34-50/h10-34,38,40,43,45-46,51-52,57H,35-37,39,41-42H2,1-9H3/b40-38+/t43-,45-,46+,51-,52-/m1/s1. The zero-order chi connectivity index (χ0) is 45.3. The van der Waals surface area contributed by atoms with E-state index in [4.69, 9.17) is 13.6 Å². The number of rotatable bonds is 17. The van der Waals surface area contributed by atoms with Gasteiger partial charge in [-0.1, -0.05) is 220 Å². The van der Waals surface area contributed by atoms with E-state index >= 15 is 0 Å². The van der Waals surface area contributed by atoms with Crippen LogP contribution in [0.4, 0.5) is 0 Å². The van der Waals surface area contributed by atoms with E-state index in [0.717, 1.165) is 40.0 Å². The van der Waals surface area contributed by atoms with E-state index in [1.165, 1.54) is 5.56 Å². The fourth-order valence-corrected chi connectivity index (χ4v) is 19.7. The van der Waals surface area contributed by atoms with Crippen molar-refractivity contribution >= 4 is 43.4 Å². The second-order valence-electron chi connectivity index (χ2n) is 20.4. The van der Waals surface area contributed by atoms with Gasteiger partial charge in [0, 0.05) is 12.0 Å². The zero-order valence-electron chi connectivity index (χ0n) is 39.3. The summed E-state index contributed by atoms with van der Waals surface area (Å²) in [5.74, 6) is 0.301. The quantitative estimate of drug-likeness (QED) is 0.0573. The molecule has 5 aromatic rings. The summed E-state index contributed by atoms with van der Waals surface area (Å²) < 4.78 is 21.7. The first kappa shape index (κ1) is 48.1. The molecule has 0 unspecified atom stereocenters. The van der Waals surface area contributed by atoms with Crippen molar-refractivity contribution in [2.45, 2.75) is 128 Å². The first-order valence-corrected chi connectivity index (χ1v) is 27.0. The fraction of sp³-hybridized carbons (Fsp3) is 0.411. The summed E-state index contributed by atoms with van der Waals surface area (Å²) in [4.78, 5) is 14.2. The average molecular weight is 881 g/mol. The first-order valence-electron chi connectivity index (χ1n) is 23.2. The molecule has 1 fully saturated rings. The van der Waals surface area contributed by atoms with Crippen molar-refractivity contribution < 1.29 is 23.5 Å². The van der Waals surface area contributed by atoms with Gasteiger partial charge >= 0.3 is 5.97 Å². The van der Waals surface area contributed by atoms with Crippen LogP contribution in [0.5, 0.6) is 0 Å². The number of carbonyl (C=O) groups is 1. The summed E-state index contributed by atoms with van der Waals surface area (Å²) in [6.07, 6.45) is 6.32. The van der Waals surface area contributed by atoms with E-state index < -0.39 is 28.8 Å². The fourth-order valence-electron chi connectivity index (χ4n) is 10.3. The lowest BCUT2D eigenvalue weighted by molar-refractivity contribution is -0.150. The molecule has 1 aliphatic carbocycles. The first-order chi connectivity index (χ1) is 30.0. The average Bonchev–Trinajstić information content (AvgIpc) is 3.27. The number of hydrogen-bond donors (Lipinski definition) is 1. The Balaban J connectivity index is 1.38. The Hall–Kier alpha value is -4.38. The lowest BCUT2D eigenvalue weighted by atomic mass is 9.64. The predicted octanol–water partition coefficient (Wildman–Crippen LogP) is 10.5. The third-order valence-electron chi connectivity index (χ3n) is 13.7. The van der Waals surface area contributed by atoms with Gasteiger partial charge in [-0.3, -0.25) is 0 Å². The Bertz CT molecular complexity index is 2100. The molecule has 1 saturated carbocycles. The number of aliphatic hydroxyl groups excluding tert-OH is 1. The minimum atomic E-state index is -3.07. The highest BCUT2D eigenvalue weighted by Crippen LogP contribution is 2.44. The van der Waals surface area contributed by atoms with Gasteiger partial charge in [-0.2, -0.15) is 0 Å². The summed E-state index contributed by atoms with van der Waals surface area (Å²) in [5.41, 5.74) is 1.09. The lowest BCUT2D eigenvalue weighted by Crippen LogP contribution is -2.68. The Morgan fingerprint density at radius 1 is 0.619 bits per heavy atom. The maximum atomic E-state index is 14.2. The summed E-state index contributed by atoms with van der Waals surface area (Å²) in [6.45, 7) is 20.3. The molecule has 5 atom stereocenters. The molecular weight excluding hydrogens is 809 g/mol. The van der Waals surface area contributed by atoms with Crippen molar-refractivity contribution in [1.29, 1.82) is 0 Å². The van der Waals surface area contributed by atoms with Crippen molar-refractivity contribution in [3.63, 3.8) is 0 Å². The molecule has 1 aliphatic rings. The van der Waals surface area contributed by atoms with Gasteiger partial charge in [-0.15, -0.1) is 0 Å². The molecule has 5 nitrogen and oxygen atoms in total. The highest BCUT2D eigenvalue weighted by Gasteiger charge is 2.53. The van der Waals surface area contributed by atoms with Crippen LogP contribution < -0.4 is 20.7 Å². The van der Waals surface area contributed by atoms with Crippen LogP contribution in [0.15, 0.2) is 164 Å². The monoisotopic (exact) mass is 880 g/mol. The maximum absolute atomic E-state index is 14.2. The van der Waals surface area contributed by atoms with Crippen LogP contribution >= 0.6 is 0 Å². The molecule has 0 amide bonds. The molecular formula is C56H72O5Si2. The highest BCUT2D eigenvalue weighted by atomic mass is 28.4. The maximum Gasteiger partial charge on any atom is 0.330 e. The molecule has 6 rings (SSSR count). The van der Waals surface area contributed by atoms with Gasteiger partial charge in [0.2, 0.25) is 0 Å². The molecule has 1 N–H and O–H groups in total. The number of ether oxygens (including phenoxy) is 1. The van der Waals surface area contributed by atoms with Gasteiger partial charge in [-0.25, -0.2) is 4.79 Å². The SMILES string of the molecule is C[C@@H]1CC[C@@H](C(C)(C)c2ccccc2)[C@H](OC(=O)/C=C/[C@@H](CC[C@@H](CO)O[Si](c2ccccc2)(c2ccccc2)C(C)(C)C)O[Si](c2ccccc2)(c2ccccc2)C(C)(C)C)C1. The van der Waals surface area contributed by atoms with Crippen molar-refractivity contribution in [3.8, 4) is 0 Å². The van der Waals surface area contributed by atoms with Crippen LogP contribution in [0.1, 0.15) is 100.0 Å². The number of aliphatic hydroxyl groups is 1. The third kappa shape index (κ3) is 10.8. The lowest BCUT2D eigenvalue weighted by Gasteiger charge is -2.46. The summed E-state index contributed by atoms with van der Waals surface area (Å²) in [6, 6.07) is 53.0. The van der Waals surface area contributed by atoms with Crippen molar-refractivity contribution in [1.82, 2.24) is 0 Å². The van der Waals surface area contributed by atoms with Gasteiger partial charge in [0.25, 0.3) is 16.6 Å². The topological polar surface area (TPSA) is 65.0 Å². The minimum absolute atomic E-state index is 0.152. The van der Waals surface area contributed by atoms with E-state index in [1.807, 2.05) is 18.2 Å². The van der Waals surface area contributed by atoms with Gasteiger partial charge < -0.3 is 18.7 Å².